The number of sulfonamides is 1. The van der Waals surface area contributed by atoms with Crippen molar-refractivity contribution in [3.8, 4) is 11.5 Å². The van der Waals surface area contributed by atoms with Crippen molar-refractivity contribution in [1.29, 1.82) is 0 Å². The average molecular weight is 393 g/mol. The molecular formula is C19H25N2O5S+. The number of benzene rings is 2. The van der Waals surface area contributed by atoms with E-state index in [4.69, 9.17) is 9.84 Å². The number of nitrogens with zero attached hydrogens (tertiary/aromatic N) is 1. The standard InChI is InChI=1S/C19H24N2O5S/c1-21(2,3)14-15(12-19(22)23)20-27(24,25)18-11-7-10-17(13-18)26-16-8-5-4-6-9-16/h4-11,13,15,20H,12,14H2,1-3H3/p+1. The summed E-state index contributed by atoms with van der Waals surface area (Å²) in [5.74, 6) is -0.0865. The second-order valence-electron chi connectivity index (χ2n) is 7.28. The van der Waals surface area contributed by atoms with Crippen LogP contribution < -0.4 is 9.46 Å². The summed E-state index contributed by atoms with van der Waals surface area (Å²) in [6.45, 7) is 0.339. The van der Waals surface area contributed by atoms with Crippen LogP contribution in [0.2, 0.25) is 0 Å². The fourth-order valence-electron chi connectivity index (χ4n) is 2.63. The Balaban J connectivity index is 2.21. The molecule has 0 aliphatic heterocycles. The fourth-order valence-corrected chi connectivity index (χ4v) is 3.89. The van der Waals surface area contributed by atoms with E-state index in [1.165, 1.54) is 12.1 Å². The molecule has 0 saturated carbocycles. The predicted octanol–water partition coefficient (Wildman–Crippen LogP) is 2.31. The van der Waals surface area contributed by atoms with Gasteiger partial charge in [-0.2, -0.15) is 0 Å². The first-order valence-corrected chi connectivity index (χ1v) is 9.91. The van der Waals surface area contributed by atoms with Gasteiger partial charge in [0.1, 0.15) is 11.5 Å². The molecule has 0 bridgehead atoms. The van der Waals surface area contributed by atoms with E-state index in [-0.39, 0.29) is 11.3 Å². The van der Waals surface area contributed by atoms with Crippen molar-refractivity contribution in [2.45, 2.75) is 17.4 Å². The maximum absolute atomic E-state index is 12.7. The Hall–Kier alpha value is -2.42. The Morgan fingerprint density at radius 3 is 2.30 bits per heavy atom. The Labute approximate surface area is 159 Å². The second-order valence-corrected chi connectivity index (χ2v) is 8.99. The van der Waals surface area contributed by atoms with Crippen molar-refractivity contribution < 1.29 is 27.5 Å². The monoisotopic (exact) mass is 393 g/mol. The molecule has 0 aliphatic rings. The van der Waals surface area contributed by atoms with Crippen LogP contribution in [0.25, 0.3) is 0 Å². The number of carbonyl (C=O) groups is 1. The number of para-hydroxylation sites is 1. The molecule has 146 valence electrons. The van der Waals surface area contributed by atoms with Crippen LogP contribution >= 0.6 is 0 Å². The highest BCUT2D eigenvalue weighted by Crippen LogP contribution is 2.24. The van der Waals surface area contributed by atoms with Gasteiger partial charge in [0.15, 0.2) is 0 Å². The number of quaternary nitrogens is 1. The summed E-state index contributed by atoms with van der Waals surface area (Å²) in [7, 11) is 1.72. The zero-order valence-corrected chi connectivity index (χ0v) is 16.4. The summed E-state index contributed by atoms with van der Waals surface area (Å²) < 4.78 is 34.1. The molecule has 0 radical (unpaired) electrons. The van der Waals surface area contributed by atoms with Gasteiger partial charge in [0.05, 0.1) is 45.0 Å². The van der Waals surface area contributed by atoms with E-state index in [1.54, 1.807) is 24.3 Å². The predicted molar refractivity (Wildman–Crippen MR) is 102 cm³/mol. The first-order valence-electron chi connectivity index (χ1n) is 8.43. The fraction of sp³-hybridized carbons (Fsp3) is 0.316. The van der Waals surface area contributed by atoms with Crippen molar-refractivity contribution in [2.24, 2.45) is 0 Å². The number of ether oxygens (including phenoxy) is 1. The first-order chi connectivity index (χ1) is 12.5. The second kappa shape index (κ2) is 8.51. The highest BCUT2D eigenvalue weighted by molar-refractivity contribution is 7.89. The van der Waals surface area contributed by atoms with Crippen molar-refractivity contribution in [1.82, 2.24) is 4.72 Å². The van der Waals surface area contributed by atoms with Gasteiger partial charge in [-0.05, 0) is 24.3 Å². The molecule has 7 nitrogen and oxygen atoms in total. The van der Waals surface area contributed by atoms with Gasteiger partial charge in [0.2, 0.25) is 10.0 Å². The van der Waals surface area contributed by atoms with Gasteiger partial charge in [-0.15, -0.1) is 0 Å². The van der Waals surface area contributed by atoms with Gasteiger partial charge >= 0.3 is 5.97 Å². The lowest BCUT2D eigenvalue weighted by atomic mass is 10.2. The zero-order chi connectivity index (χ0) is 20.1. The highest BCUT2D eigenvalue weighted by atomic mass is 32.2. The number of rotatable bonds is 9. The summed E-state index contributed by atoms with van der Waals surface area (Å²) in [6, 6.07) is 14.4. The molecule has 0 aliphatic carbocycles. The quantitative estimate of drug-likeness (QED) is 0.638. The Bertz CT molecular complexity index is 876. The summed E-state index contributed by atoms with van der Waals surface area (Å²) in [5.41, 5.74) is 0. The van der Waals surface area contributed by atoms with Crippen LogP contribution in [0.4, 0.5) is 0 Å². The molecule has 1 atom stereocenters. The highest BCUT2D eigenvalue weighted by Gasteiger charge is 2.27. The lowest BCUT2D eigenvalue weighted by molar-refractivity contribution is -0.871. The molecule has 0 spiro atoms. The van der Waals surface area contributed by atoms with Crippen LogP contribution in [0, 0.1) is 0 Å². The van der Waals surface area contributed by atoms with Gasteiger partial charge < -0.3 is 14.3 Å². The number of aliphatic carboxylic acids is 1. The van der Waals surface area contributed by atoms with E-state index in [1.807, 2.05) is 39.3 Å². The van der Waals surface area contributed by atoms with Crippen molar-refractivity contribution in [3.63, 3.8) is 0 Å². The van der Waals surface area contributed by atoms with E-state index in [2.05, 4.69) is 4.72 Å². The van der Waals surface area contributed by atoms with E-state index in [0.717, 1.165) is 0 Å². The SMILES string of the molecule is C[N+](C)(C)CC(CC(=O)O)NS(=O)(=O)c1cccc(Oc2ccccc2)c1. The maximum Gasteiger partial charge on any atom is 0.305 e. The molecule has 2 N–H and O–H groups in total. The topological polar surface area (TPSA) is 92.7 Å². The third-order valence-electron chi connectivity index (χ3n) is 3.61. The Morgan fingerprint density at radius 1 is 1.07 bits per heavy atom. The molecule has 0 aromatic heterocycles. The summed E-state index contributed by atoms with van der Waals surface area (Å²) in [5, 5.41) is 9.09. The molecule has 27 heavy (non-hydrogen) atoms. The van der Waals surface area contributed by atoms with Crippen LogP contribution in [-0.2, 0) is 14.8 Å². The lowest BCUT2D eigenvalue weighted by Crippen LogP contribution is -2.49. The van der Waals surface area contributed by atoms with Gasteiger partial charge in [-0.25, -0.2) is 13.1 Å². The Kier molecular flexibility index (Phi) is 6.59. The van der Waals surface area contributed by atoms with E-state index < -0.39 is 22.0 Å². The average Bonchev–Trinajstić information content (AvgIpc) is 2.53. The van der Waals surface area contributed by atoms with Crippen LogP contribution in [0.15, 0.2) is 59.5 Å². The summed E-state index contributed by atoms with van der Waals surface area (Å²) >= 11 is 0. The lowest BCUT2D eigenvalue weighted by Gasteiger charge is -2.29. The summed E-state index contributed by atoms with van der Waals surface area (Å²) in [6.07, 6.45) is -0.297. The molecule has 1 unspecified atom stereocenters. The van der Waals surface area contributed by atoms with E-state index in [0.29, 0.717) is 22.5 Å². The number of carboxylic acid groups (broad SMARTS) is 1. The number of carboxylic acids is 1. The van der Waals surface area contributed by atoms with Gasteiger partial charge in [0.25, 0.3) is 0 Å². The number of hydrogen-bond acceptors (Lipinski definition) is 4. The third kappa shape index (κ3) is 7.01. The first kappa shape index (κ1) is 20.9. The van der Waals surface area contributed by atoms with Crippen LogP contribution in [-0.4, -0.2) is 57.7 Å². The normalized spacial score (nSPS) is 13.1. The van der Waals surface area contributed by atoms with Crippen molar-refractivity contribution in [3.05, 3.63) is 54.6 Å². The van der Waals surface area contributed by atoms with Crippen LogP contribution in [0.5, 0.6) is 11.5 Å². The van der Waals surface area contributed by atoms with E-state index >= 15 is 0 Å². The van der Waals surface area contributed by atoms with E-state index in [9.17, 15) is 13.2 Å². The van der Waals surface area contributed by atoms with Gasteiger partial charge in [-0.3, -0.25) is 4.79 Å². The van der Waals surface area contributed by atoms with Gasteiger partial charge in [-0.1, -0.05) is 24.3 Å². The van der Waals surface area contributed by atoms with Gasteiger partial charge in [0, 0.05) is 6.07 Å². The molecule has 2 aromatic rings. The minimum atomic E-state index is -3.90. The minimum Gasteiger partial charge on any atom is -0.481 e. The number of likely N-dealkylation sites (N-methyl/N-ethyl adjacent to an activating group) is 1. The molecule has 2 aromatic carbocycles. The summed E-state index contributed by atoms with van der Waals surface area (Å²) in [4.78, 5) is 11.1. The molecule has 2 rings (SSSR count). The van der Waals surface area contributed by atoms with Crippen LogP contribution in [0.1, 0.15) is 6.42 Å². The van der Waals surface area contributed by atoms with Crippen molar-refractivity contribution >= 4 is 16.0 Å². The smallest absolute Gasteiger partial charge is 0.305 e. The molecule has 0 saturated heterocycles. The number of nitrogens with one attached hydrogen (secondary N) is 1. The van der Waals surface area contributed by atoms with Crippen molar-refractivity contribution in [2.75, 3.05) is 27.7 Å². The van der Waals surface area contributed by atoms with Crippen LogP contribution in [0.3, 0.4) is 0 Å². The molecule has 0 amide bonds. The molecule has 8 heteroatoms. The minimum absolute atomic E-state index is 0.0210. The number of hydrogen-bond donors (Lipinski definition) is 2. The Morgan fingerprint density at radius 2 is 1.70 bits per heavy atom. The molecule has 0 fully saturated rings. The largest absolute Gasteiger partial charge is 0.481 e. The molecular weight excluding hydrogens is 368 g/mol. The molecule has 0 heterocycles. The maximum atomic E-state index is 12.7. The zero-order valence-electron chi connectivity index (χ0n) is 15.6. The third-order valence-corrected chi connectivity index (χ3v) is 5.12.